The van der Waals surface area contributed by atoms with E-state index in [1.165, 1.54) is 16.4 Å². The van der Waals surface area contributed by atoms with E-state index in [4.69, 9.17) is 32.9 Å². The summed E-state index contributed by atoms with van der Waals surface area (Å²) in [6.07, 6.45) is 6.12. The second kappa shape index (κ2) is 25.7. The van der Waals surface area contributed by atoms with Crippen molar-refractivity contribution in [2.75, 3.05) is 74.2 Å². The number of para-hydroxylation sites is 2. The minimum atomic E-state index is -4.03. The van der Waals surface area contributed by atoms with Crippen LogP contribution in [-0.2, 0) is 61.0 Å². The van der Waals surface area contributed by atoms with Crippen LogP contribution in [0, 0.1) is 6.92 Å². The number of carbonyl (C=O) groups excluding carboxylic acids is 3. The minimum Gasteiger partial charge on any atom is -0.493 e. The first-order valence-corrected chi connectivity index (χ1v) is 31.0. The molecular weight excluding hydrogens is 1060 g/mol. The molecular formula is C61H72N4O11S3. The Morgan fingerprint density at radius 1 is 0.785 bits per heavy atom. The highest BCUT2D eigenvalue weighted by atomic mass is 33.1. The molecule has 18 heteroatoms. The Morgan fingerprint density at radius 3 is 2.15 bits per heavy atom. The molecule has 79 heavy (non-hydrogen) atoms. The van der Waals surface area contributed by atoms with Crippen LogP contribution in [0.1, 0.15) is 107 Å². The first-order chi connectivity index (χ1) is 38.1. The van der Waals surface area contributed by atoms with Gasteiger partial charge in [-0.15, -0.1) is 0 Å². The standard InChI is InChI=1S/C61H72N4O11S3/c1-8-22-73-24-25-74-23-21-63(39-61(4,5)78-77-26-20-58(54(66)9-2)79(69,70)72-7)47-29-41(37-75-55-33-43-18-19-46-31-44-14-10-12-16-52(44)64(46)59(67)49(43)27-40(55)3)28-42(30-47)38-76-57-35-51-50(34-56(57)71-6)60(68)65-48(36-62-51)32-45-15-11-13-17-53(45)65/h10-17,27-30,33-36,46,48,58H,8-9,18-26,31-32,37-39H2,1-7H3/t46-,48+,58?/m1/s1. The lowest BCUT2D eigenvalue weighted by Crippen LogP contribution is -2.38. The van der Waals surface area contributed by atoms with Crippen molar-refractivity contribution in [2.45, 2.75) is 115 Å². The monoisotopic (exact) mass is 1130 g/mol. The van der Waals surface area contributed by atoms with Gasteiger partial charge in [-0.2, -0.15) is 8.42 Å². The van der Waals surface area contributed by atoms with Crippen molar-refractivity contribution in [2.24, 2.45) is 4.99 Å². The van der Waals surface area contributed by atoms with Crippen molar-refractivity contribution in [1.29, 1.82) is 0 Å². The quantitative estimate of drug-likeness (QED) is 0.0277. The molecule has 5 aromatic rings. The molecule has 0 N–H and O–H groups in total. The summed E-state index contributed by atoms with van der Waals surface area (Å²) < 4.78 is 61.0. The average Bonchev–Trinajstić information content (AvgIpc) is 3.94. The van der Waals surface area contributed by atoms with Crippen LogP contribution in [0.15, 0.2) is 96.0 Å². The van der Waals surface area contributed by atoms with Crippen LogP contribution in [0.2, 0.25) is 0 Å². The molecule has 420 valence electrons. The SMILES string of the molecule is CCCOCCOCCN(CC(C)(C)SSCCC(C(=O)CC)S(=O)(=O)OC)c1cc(COc2cc3c(cc2C)C(=O)N2c4ccccc4C[C@H]2CC3)cc(COc2cc3c(cc2OC)C(=O)N2c4ccccc4C[C@H]2C=N3)c1. The normalized spacial score (nSPS) is 16.7. The van der Waals surface area contributed by atoms with E-state index in [0.29, 0.717) is 85.8 Å². The van der Waals surface area contributed by atoms with Crippen LogP contribution in [0.4, 0.5) is 22.7 Å². The van der Waals surface area contributed by atoms with Crippen molar-refractivity contribution in [3.8, 4) is 17.2 Å². The van der Waals surface area contributed by atoms with E-state index in [0.717, 1.165) is 77.7 Å². The van der Waals surface area contributed by atoms with Crippen LogP contribution in [0.25, 0.3) is 0 Å². The predicted octanol–water partition coefficient (Wildman–Crippen LogP) is 11.1. The molecule has 9 rings (SSSR count). The summed E-state index contributed by atoms with van der Waals surface area (Å²) >= 11 is 0. The van der Waals surface area contributed by atoms with Gasteiger partial charge in [0.15, 0.2) is 17.3 Å². The fourth-order valence-electron chi connectivity index (χ4n) is 10.9. The molecule has 0 saturated carbocycles. The number of amides is 2. The number of hydrogen-bond acceptors (Lipinski definition) is 15. The number of Topliss-reactive ketones (excluding diaryl/α,β-unsaturated/α-hetero) is 1. The number of aliphatic imine (C=N–C) groups is 1. The van der Waals surface area contributed by atoms with Gasteiger partial charge in [0.05, 0.1) is 51.3 Å². The number of carbonyl (C=O) groups is 3. The van der Waals surface area contributed by atoms with Gasteiger partial charge in [-0.3, -0.25) is 28.5 Å². The molecule has 0 aromatic heterocycles. The topological polar surface area (TPSA) is 163 Å². The van der Waals surface area contributed by atoms with E-state index < -0.39 is 15.4 Å². The number of fused-ring (bicyclic) bond motifs is 8. The first-order valence-electron chi connectivity index (χ1n) is 27.3. The Bertz CT molecular complexity index is 3190. The van der Waals surface area contributed by atoms with Crippen LogP contribution in [0.5, 0.6) is 17.2 Å². The number of nitrogens with zero attached hydrogens (tertiary/aromatic N) is 4. The number of benzene rings is 5. The highest BCUT2D eigenvalue weighted by Crippen LogP contribution is 2.43. The molecule has 0 bridgehead atoms. The lowest BCUT2D eigenvalue weighted by atomic mass is 9.98. The summed E-state index contributed by atoms with van der Waals surface area (Å²) in [5, 5.41) is -1.22. The average molecular weight is 1130 g/mol. The molecule has 0 aliphatic carbocycles. The maximum absolute atomic E-state index is 14.3. The number of rotatable bonds is 27. The summed E-state index contributed by atoms with van der Waals surface area (Å²) in [4.78, 5) is 52.1. The predicted molar refractivity (Wildman–Crippen MR) is 315 cm³/mol. The molecule has 15 nitrogen and oxygen atoms in total. The third-order valence-corrected chi connectivity index (χ3v) is 19.8. The maximum Gasteiger partial charge on any atom is 0.277 e. The molecule has 0 spiro atoms. The summed E-state index contributed by atoms with van der Waals surface area (Å²) in [5.41, 5.74) is 10.3. The lowest BCUT2D eigenvalue weighted by molar-refractivity contribution is -0.118. The van der Waals surface area contributed by atoms with Crippen molar-refractivity contribution in [1.82, 2.24) is 0 Å². The molecule has 1 unspecified atom stereocenters. The van der Waals surface area contributed by atoms with Gasteiger partial charge >= 0.3 is 0 Å². The molecule has 4 aliphatic rings. The second-order valence-corrected chi connectivity index (χ2v) is 26.0. The van der Waals surface area contributed by atoms with Gasteiger partial charge in [0.1, 0.15) is 24.2 Å². The second-order valence-electron chi connectivity index (χ2n) is 21.0. The van der Waals surface area contributed by atoms with E-state index in [-0.39, 0.29) is 60.5 Å². The summed E-state index contributed by atoms with van der Waals surface area (Å²) in [6.45, 7) is 13.4. The van der Waals surface area contributed by atoms with Gasteiger partial charge < -0.3 is 33.5 Å². The number of anilines is 3. The zero-order valence-corrected chi connectivity index (χ0v) is 48.7. The third-order valence-electron chi connectivity index (χ3n) is 14.8. The highest BCUT2D eigenvalue weighted by molar-refractivity contribution is 8.77. The van der Waals surface area contributed by atoms with E-state index in [2.05, 4.69) is 49.9 Å². The third kappa shape index (κ3) is 13.3. The van der Waals surface area contributed by atoms with Gasteiger partial charge in [0.2, 0.25) is 0 Å². The van der Waals surface area contributed by atoms with E-state index >= 15 is 0 Å². The highest BCUT2D eigenvalue weighted by Gasteiger charge is 2.39. The smallest absolute Gasteiger partial charge is 0.277 e. The Morgan fingerprint density at radius 2 is 1.46 bits per heavy atom. The fraction of sp³-hybridized carbons (Fsp3) is 0.443. The maximum atomic E-state index is 14.3. The first kappa shape index (κ1) is 57.8. The van der Waals surface area contributed by atoms with Crippen molar-refractivity contribution < 1.29 is 50.7 Å². The van der Waals surface area contributed by atoms with E-state index in [9.17, 15) is 22.8 Å². The molecule has 5 aromatic carbocycles. The Hall–Kier alpha value is -5.89. The summed E-state index contributed by atoms with van der Waals surface area (Å²) in [7, 11) is 1.79. The Kier molecular flexibility index (Phi) is 18.8. The number of methoxy groups -OCH3 is 1. The van der Waals surface area contributed by atoms with Gasteiger partial charge in [-0.25, -0.2) is 0 Å². The van der Waals surface area contributed by atoms with E-state index in [1.54, 1.807) is 37.0 Å². The van der Waals surface area contributed by atoms with Gasteiger partial charge in [0, 0.05) is 84.0 Å². The molecule has 2 amide bonds. The number of hydrogen-bond donors (Lipinski definition) is 0. The Labute approximate surface area is 473 Å². The minimum absolute atomic E-state index is 0.0249. The fourth-order valence-corrected chi connectivity index (χ4v) is 14.8. The van der Waals surface area contributed by atoms with Crippen LogP contribution in [0.3, 0.4) is 0 Å². The zero-order valence-electron chi connectivity index (χ0n) is 46.3. The molecule has 0 radical (unpaired) electrons. The zero-order chi connectivity index (χ0) is 55.8. The molecule has 4 heterocycles. The summed E-state index contributed by atoms with van der Waals surface area (Å²) in [6, 6.07) is 29.8. The molecule has 3 atom stereocenters. The van der Waals surface area contributed by atoms with Crippen LogP contribution < -0.4 is 28.9 Å². The van der Waals surface area contributed by atoms with Crippen LogP contribution in [-0.4, -0.2) is 114 Å². The lowest BCUT2D eigenvalue weighted by Gasteiger charge is -2.34. The largest absolute Gasteiger partial charge is 0.493 e. The Balaban J connectivity index is 0.997. The van der Waals surface area contributed by atoms with Crippen molar-refractivity contribution in [3.05, 3.63) is 136 Å². The number of ether oxygens (including phenoxy) is 5. The molecule has 0 fully saturated rings. The number of ketones is 1. The van der Waals surface area contributed by atoms with Gasteiger partial charge in [0.25, 0.3) is 21.9 Å². The van der Waals surface area contributed by atoms with Gasteiger partial charge in [-0.1, -0.05) is 71.8 Å². The molecule has 0 saturated heterocycles. The van der Waals surface area contributed by atoms with Crippen molar-refractivity contribution >= 4 is 78.3 Å². The van der Waals surface area contributed by atoms with Gasteiger partial charge in [-0.05, 0) is 135 Å². The van der Waals surface area contributed by atoms with Crippen molar-refractivity contribution in [3.63, 3.8) is 0 Å². The number of aryl methyl sites for hydroxylation is 2. The molecule has 4 aliphatic heterocycles. The van der Waals surface area contributed by atoms with E-state index in [1.807, 2.05) is 77.5 Å². The summed E-state index contributed by atoms with van der Waals surface area (Å²) in [5.74, 6) is 1.47. The van der Waals surface area contributed by atoms with Crippen LogP contribution >= 0.6 is 21.6 Å².